The van der Waals surface area contributed by atoms with E-state index in [1.807, 2.05) is 47.0 Å². The summed E-state index contributed by atoms with van der Waals surface area (Å²) in [5.74, 6) is -0.826. The fourth-order valence-electron chi connectivity index (χ4n) is 3.68. The van der Waals surface area contributed by atoms with Crippen molar-refractivity contribution in [3.8, 4) is 11.3 Å². The molecule has 0 unspecified atom stereocenters. The van der Waals surface area contributed by atoms with Gasteiger partial charge in [0, 0.05) is 23.9 Å². The number of aliphatic carboxylic acids is 1. The van der Waals surface area contributed by atoms with Gasteiger partial charge in [0.25, 0.3) is 5.56 Å². The molecular weight excluding hydrogens is 302 g/mol. The Labute approximate surface area is 139 Å². The van der Waals surface area contributed by atoms with Crippen LogP contribution in [-0.2, 0) is 24.2 Å². The first-order chi connectivity index (χ1) is 11.7. The molecule has 4 rings (SSSR count). The molecule has 4 nitrogen and oxygen atoms in total. The van der Waals surface area contributed by atoms with Crippen LogP contribution in [0.4, 0.5) is 0 Å². The number of carboxylic acid groups (broad SMARTS) is 1. The number of aryl methyl sites for hydroxylation is 2. The maximum atomic E-state index is 12.9. The number of pyridine rings is 1. The normalized spacial score (nSPS) is 12.7. The summed E-state index contributed by atoms with van der Waals surface area (Å²) in [6.45, 7) is 0.635. The predicted octanol–water partition coefficient (Wildman–Crippen LogP) is 3.24. The topological polar surface area (TPSA) is 59.3 Å². The highest BCUT2D eigenvalue weighted by Gasteiger charge is 2.23. The van der Waals surface area contributed by atoms with Gasteiger partial charge < -0.3 is 9.67 Å². The fraction of sp³-hybridized carbons (Fsp3) is 0.200. The molecule has 1 aliphatic heterocycles. The minimum Gasteiger partial charge on any atom is -0.481 e. The Bertz CT molecular complexity index is 1020. The number of fused-ring (bicyclic) bond motifs is 4. The average molecular weight is 319 g/mol. The summed E-state index contributed by atoms with van der Waals surface area (Å²) < 4.78 is 1.82. The molecule has 2 heterocycles. The molecule has 0 bridgehead atoms. The third kappa shape index (κ3) is 2.22. The van der Waals surface area contributed by atoms with E-state index in [2.05, 4.69) is 6.07 Å². The summed E-state index contributed by atoms with van der Waals surface area (Å²) in [5.41, 5.74) is 4.12. The molecule has 1 aliphatic rings. The monoisotopic (exact) mass is 319 g/mol. The maximum Gasteiger partial charge on any atom is 0.303 e. The standard InChI is InChI=1S/C20H17NO3/c22-18(23)10-9-16-15-7-3-4-8-17(15)20(24)21-12-11-13-5-1-2-6-14(13)19(16)21/h1-8H,9-12H2,(H,22,23). The van der Waals surface area contributed by atoms with Gasteiger partial charge in [0.15, 0.2) is 0 Å². The van der Waals surface area contributed by atoms with Gasteiger partial charge in [-0.25, -0.2) is 0 Å². The molecule has 3 aromatic rings. The summed E-state index contributed by atoms with van der Waals surface area (Å²) >= 11 is 0. The van der Waals surface area contributed by atoms with Crippen LogP contribution in [0, 0.1) is 0 Å². The zero-order valence-electron chi connectivity index (χ0n) is 13.2. The van der Waals surface area contributed by atoms with Crippen molar-refractivity contribution in [2.24, 2.45) is 0 Å². The van der Waals surface area contributed by atoms with Crippen molar-refractivity contribution in [2.45, 2.75) is 25.8 Å². The summed E-state index contributed by atoms with van der Waals surface area (Å²) in [6, 6.07) is 15.6. The van der Waals surface area contributed by atoms with Gasteiger partial charge >= 0.3 is 5.97 Å². The van der Waals surface area contributed by atoms with Crippen molar-refractivity contribution < 1.29 is 9.90 Å². The summed E-state index contributed by atoms with van der Waals surface area (Å²) in [6.07, 6.45) is 1.29. The minimum atomic E-state index is -0.826. The van der Waals surface area contributed by atoms with Crippen LogP contribution in [-0.4, -0.2) is 15.6 Å². The molecule has 0 aliphatic carbocycles. The number of carbonyl (C=O) groups is 1. The second-order valence-corrected chi connectivity index (χ2v) is 6.13. The first-order valence-corrected chi connectivity index (χ1v) is 8.11. The van der Waals surface area contributed by atoms with E-state index in [0.29, 0.717) is 18.4 Å². The molecule has 1 aromatic heterocycles. The van der Waals surface area contributed by atoms with Gasteiger partial charge in [-0.2, -0.15) is 0 Å². The van der Waals surface area contributed by atoms with Crippen LogP contribution in [0.15, 0.2) is 53.3 Å². The number of nitrogens with zero attached hydrogens (tertiary/aromatic N) is 1. The molecule has 120 valence electrons. The van der Waals surface area contributed by atoms with Gasteiger partial charge in [-0.05, 0) is 35.4 Å². The van der Waals surface area contributed by atoms with Crippen LogP contribution in [0.5, 0.6) is 0 Å². The molecule has 0 saturated heterocycles. The Morgan fingerprint density at radius 1 is 1.04 bits per heavy atom. The summed E-state index contributed by atoms with van der Waals surface area (Å²) in [4.78, 5) is 24.0. The van der Waals surface area contributed by atoms with Crippen molar-refractivity contribution >= 4 is 16.7 Å². The van der Waals surface area contributed by atoms with E-state index in [0.717, 1.165) is 28.6 Å². The Kier molecular flexibility index (Phi) is 3.45. The molecule has 0 fully saturated rings. The van der Waals surface area contributed by atoms with E-state index < -0.39 is 5.97 Å². The Morgan fingerprint density at radius 2 is 1.75 bits per heavy atom. The largest absolute Gasteiger partial charge is 0.481 e. The first-order valence-electron chi connectivity index (χ1n) is 8.11. The lowest BCUT2D eigenvalue weighted by Gasteiger charge is -2.25. The van der Waals surface area contributed by atoms with Gasteiger partial charge in [0.1, 0.15) is 0 Å². The summed E-state index contributed by atoms with van der Waals surface area (Å²) in [5, 5.41) is 10.7. The summed E-state index contributed by atoms with van der Waals surface area (Å²) in [7, 11) is 0. The van der Waals surface area contributed by atoms with Crippen molar-refractivity contribution in [2.75, 3.05) is 0 Å². The van der Waals surface area contributed by atoms with E-state index >= 15 is 0 Å². The minimum absolute atomic E-state index is 0.00850. The van der Waals surface area contributed by atoms with Crippen LogP contribution in [0.25, 0.3) is 22.0 Å². The van der Waals surface area contributed by atoms with Gasteiger partial charge in [-0.3, -0.25) is 9.59 Å². The van der Waals surface area contributed by atoms with Crippen LogP contribution >= 0.6 is 0 Å². The zero-order valence-corrected chi connectivity index (χ0v) is 13.2. The van der Waals surface area contributed by atoms with E-state index in [1.54, 1.807) is 0 Å². The lowest BCUT2D eigenvalue weighted by molar-refractivity contribution is -0.136. The number of benzene rings is 2. The average Bonchev–Trinajstić information content (AvgIpc) is 2.61. The third-order valence-electron chi connectivity index (χ3n) is 4.75. The molecule has 2 aromatic carbocycles. The lowest BCUT2D eigenvalue weighted by atomic mass is 9.90. The van der Waals surface area contributed by atoms with Crippen LogP contribution in [0.1, 0.15) is 17.5 Å². The molecule has 1 N–H and O–H groups in total. The smallest absolute Gasteiger partial charge is 0.303 e. The first kappa shape index (κ1) is 14.7. The predicted molar refractivity (Wildman–Crippen MR) is 93.3 cm³/mol. The number of aromatic nitrogens is 1. The Morgan fingerprint density at radius 3 is 2.54 bits per heavy atom. The van der Waals surface area contributed by atoms with Crippen LogP contribution < -0.4 is 5.56 Å². The van der Waals surface area contributed by atoms with E-state index in [9.17, 15) is 9.59 Å². The molecule has 0 amide bonds. The fourth-order valence-corrected chi connectivity index (χ4v) is 3.68. The van der Waals surface area contributed by atoms with Crippen molar-refractivity contribution in [1.29, 1.82) is 0 Å². The number of hydrogen-bond donors (Lipinski definition) is 1. The van der Waals surface area contributed by atoms with E-state index in [4.69, 9.17) is 5.11 Å². The molecule has 0 saturated carbocycles. The van der Waals surface area contributed by atoms with Gasteiger partial charge in [0.05, 0.1) is 5.69 Å². The molecule has 4 heteroatoms. The molecule has 24 heavy (non-hydrogen) atoms. The van der Waals surface area contributed by atoms with E-state index in [1.165, 1.54) is 5.56 Å². The molecule has 0 radical (unpaired) electrons. The highest BCUT2D eigenvalue weighted by Crippen LogP contribution is 2.34. The Balaban J connectivity index is 2.09. The second-order valence-electron chi connectivity index (χ2n) is 6.13. The van der Waals surface area contributed by atoms with Gasteiger partial charge in [0.2, 0.25) is 0 Å². The molecule has 0 atom stereocenters. The number of hydrogen-bond acceptors (Lipinski definition) is 2. The Hall–Kier alpha value is -2.88. The van der Waals surface area contributed by atoms with Crippen LogP contribution in [0.3, 0.4) is 0 Å². The lowest BCUT2D eigenvalue weighted by Crippen LogP contribution is -2.28. The quantitative estimate of drug-likeness (QED) is 0.806. The van der Waals surface area contributed by atoms with Crippen molar-refractivity contribution in [3.05, 3.63) is 70.0 Å². The molecular formula is C20H17NO3. The number of rotatable bonds is 3. The van der Waals surface area contributed by atoms with Gasteiger partial charge in [-0.1, -0.05) is 42.5 Å². The maximum absolute atomic E-state index is 12.9. The highest BCUT2D eigenvalue weighted by molar-refractivity contribution is 5.91. The van der Waals surface area contributed by atoms with Crippen molar-refractivity contribution in [3.63, 3.8) is 0 Å². The van der Waals surface area contributed by atoms with E-state index in [-0.39, 0.29) is 12.0 Å². The second kappa shape index (κ2) is 5.64. The third-order valence-corrected chi connectivity index (χ3v) is 4.75. The van der Waals surface area contributed by atoms with Crippen molar-refractivity contribution in [1.82, 2.24) is 4.57 Å². The molecule has 0 spiro atoms. The van der Waals surface area contributed by atoms with Crippen LogP contribution in [0.2, 0.25) is 0 Å². The zero-order chi connectivity index (χ0) is 16.7. The SMILES string of the molecule is O=C(O)CCc1c2n(c(=O)c3ccccc13)CCc1ccccc1-2. The number of carboxylic acids is 1. The highest BCUT2D eigenvalue weighted by atomic mass is 16.4. The van der Waals surface area contributed by atoms with Gasteiger partial charge in [-0.15, -0.1) is 0 Å².